The maximum atomic E-state index is 12.4. The maximum Gasteiger partial charge on any atom is 0.262 e. The van der Waals surface area contributed by atoms with E-state index < -0.39 is 0 Å². The molecule has 0 aromatic heterocycles. The first kappa shape index (κ1) is 21.4. The summed E-state index contributed by atoms with van der Waals surface area (Å²) in [7, 11) is 3.15. The molecule has 0 aliphatic rings. The number of allylic oxidation sites excluding steroid dienone is 1. The lowest BCUT2D eigenvalue weighted by Gasteiger charge is -2.21. The number of carbonyl (C=O) groups is 1. The highest BCUT2D eigenvalue weighted by atomic mass is 16.5. The fourth-order valence-corrected chi connectivity index (χ4v) is 2.70. The van der Waals surface area contributed by atoms with E-state index in [4.69, 9.17) is 14.2 Å². The van der Waals surface area contributed by atoms with Crippen LogP contribution in [0.5, 0.6) is 17.2 Å². The second-order valence-corrected chi connectivity index (χ2v) is 7.41. The van der Waals surface area contributed by atoms with Gasteiger partial charge in [0.15, 0.2) is 18.1 Å². The van der Waals surface area contributed by atoms with Gasteiger partial charge in [0, 0.05) is 0 Å². The van der Waals surface area contributed by atoms with Gasteiger partial charge in [-0.25, -0.2) is 0 Å². The van der Waals surface area contributed by atoms with Crippen LogP contribution in [0.2, 0.25) is 0 Å². The largest absolute Gasteiger partial charge is 0.495 e. The normalized spacial score (nSPS) is 11.4. The van der Waals surface area contributed by atoms with E-state index in [2.05, 4.69) is 26.1 Å². The van der Waals surface area contributed by atoms with Crippen LogP contribution in [0.25, 0.3) is 6.08 Å². The van der Waals surface area contributed by atoms with Crippen LogP contribution in [0.15, 0.2) is 42.5 Å². The topological polar surface area (TPSA) is 56.8 Å². The zero-order chi connectivity index (χ0) is 20.7. The Balaban J connectivity index is 2.11. The van der Waals surface area contributed by atoms with Crippen molar-refractivity contribution in [3.05, 3.63) is 53.6 Å². The van der Waals surface area contributed by atoms with E-state index in [1.54, 1.807) is 20.3 Å². The van der Waals surface area contributed by atoms with E-state index >= 15 is 0 Å². The van der Waals surface area contributed by atoms with E-state index in [1.807, 2.05) is 49.4 Å². The third-order valence-corrected chi connectivity index (χ3v) is 4.25. The van der Waals surface area contributed by atoms with Gasteiger partial charge in [-0.15, -0.1) is 0 Å². The summed E-state index contributed by atoms with van der Waals surface area (Å²) >= 11 is 0. The summed E-state index contributed by atoms with van der Waals surface area (Å²) in [6.07, 6.45) is 3.91. The van der Waals surface area contributed by atoms with Gasteiger partial charge in [-0.3, -0.25) is 4.79 Å². The lowest BCUT2D eigenvalue weighted by atomic mass is 9.87. The number of nitrogens with one attached hydrogen (secondary N) is 1. The van der Waals surface area contributed by atoms with Crippen molar-refractivity contribution in [2.75, 3.05) is 26.1 Å². The Morgan fingerprint density at radius 3 is 2.29 bits per heavy atom. The van der Waals surface area contributed by atoms with Gasteiger partial charge >= 0.3 is 0 Å². The van der Waals surface area contributed by atoms with E-state index in [1.165, 1.54) is 0 Å². The molecule has 0 saturated heterocycles. The Morgan fingerprint density at radius 2 is 1.68 bits per heavy atom. The molecule has 2 aromatic carbocycles. The standard InChI is InChI=1S/C23H29NO4/c1-7-8-16-9-11-20(21(13-16)27-6)28-15-22(25)24-18-14-17(23(2,3)4)10-12-19(18)26-5/h7-14H,15H2,1-6H3,(H,24,25). The highest BCUT2D eigenvalue weighted by Crippen LogP contribution is 2.32. The second-order valence-electron chi connectivity index (χ2n) is 7.41. The predicted molar refractivity (Wildman–Crippen MR) is 114 cm³/mol. The molecule has 1 N–H and O–H groups in total. The Labute approximate surface area is 167 Å². The predicted octanol–water partition coefficient (Wildman–Crippen LogP) is 5.05. The van der Waals surface area contributed by atoms with Crippen LogP contribution >= 0.6 is 0 Å². The number of ether oxygens (including phenoxy) is 3. The van der Waals surface area contributed by atoms with E-state index in [0.717, 1.165) is 11.1 Å². The van der Waals surface area contributed by atoms with Crippen molar-refractivity contribution in [3.8, 4) is 17.2 Å². The molecule has 0 aliphatic carbocycles. The first-order valence-corrected chi connectivity index (χ1v) is 9.20. The van der Waals surface area contributed by atoms with E-state index in [9.17, 15) is 4.79 Å². The van der Waals surface area contributed by atoms with Crippen LogP contribution in [-0.2, 0) is 10.2 Å². The van der Waals surface area contributed by atoms with Gasteiger partial charge in [0.25, 0.3) is 5.91 Å². The zero-order valence-electron chi connectivity index (χ0n) is 17.5. The van der Waals surface area contributed by atoms with Gasteiger partial charge < -0.3 is 19.5 Å². The van der Waals surface area contributed by atoms with E-state index in [0.29, 0.717) is 22.9 Å². The minimum atomic E-state index is -0.274. The molecular formula is C23H29NO4. The van der Waals surface area contributed by atoms with Crippen molar-refractivity contribution in [2.45, 2.75) is 33.1 Å². The van der Waals surface area contributed by atoms with Gasteiger partial charge in [0.05, 0.1) is 19.9 Å². The zero-order valence-corrected chi connectivity index (χ0v) is 17.5. The number of benzene rings is 2. The van der Waals surface area contributed by atoms with Crippen molar-refractivity contribution >= 4 is 17.7 Å². The van der Waals surface area contributed by atoms with Crippen molar-refractivity contribution in [1.82, 2.24) is 0 Å². The fourth-order valence-electron chi connectivity index (χ4n) is 2.70. The number of carbonyl (C=O) groups excluding carboxylic acids is 1. The summed E-state index contributed by atoms with van der Waals surface area (Å²) in [5.74, 6) is 1.43. The van der Waals surface area contributed by atoms with E-state index in [-0.39, 0.29) is 17.9 Å². The number of hydrogen-bond acceptors (Lipinski definition) is 4. The van der Waals surface area contributed by atoms with Gasteiger partial charge in [-0.2, -0.15) is 0 Å². The third kappa shape index (κ3) is 5.52. The van der Waals surface area contributed by atoms with Gasteiger partial charge in [0.1, 0.15) is 5.75 Å². The molecule has 0 fully saturated rings. The average Bonchev–Trinajstić information content (AvgIpc) is 2.66. The molecule has 0 heterocycles. The van der Waals surface area contributed by atoms with Gasteiger partial charge in [0.2, 0.25) is 0 Å². The molecule has 5 heteroatoms. The van der Waals surface area contributed by atoms with Crippen LogP contribution in [0.4, 0.5) is 5.69 Å². The average molecular weight is 383 g/mol. The fraction of sp³-hybridized carbons (Fsp3) is 0.348. The van der Waals surface area contributed by atoms with Crippen LogP contribution in [0, 0.1) is 0 Å². The van der Waals surface area contributed by atoms with Crippen molar-refractivity contribution in [3.63, 3.8) is 0 Å². The molecule has 0 aliphatic heterocycles. The summed E-state index contributed by atoms with van der Waals surface area (Å²) in [6.45, 7) is 8.17. The molecule has 1 amide bonds. The molecule has 0 spiro atoms. The Bertz CT molecular complexity index is 850. The molecule has 0 unspecified atom stereocenters. The molecule has 0 radical (unpaired) electrons. The van der Waals surface area contributed by atoms with Gasteiger partial charge in [-0.1, -0.05) is 45.1 Å². The van der Waals surface area contributed by atoms with Gasteiger partial charge in [-0.05, 0) is 47.7 Å². The van der Waals surface area contributed by atoms with Crippen LogP contribution in [-0.4, -0.2) is 26.7 Å². The number of rotatable bonds is 7. The summed E-state index contributed by atoms with van der Waals surface area (Å²) in [5, 5.41) is 2.87. The minimum Gasteiger partial charge on any atom is -0.495 e. The quantitative estimate of drug-likeness (QED) is 0.727. The Morgan fingerprint density at radius 1 is 1.00 bits per heavy atom. The van der Waals surface area contributed by atoms with Crippen LogP contribution in [0.1, 0.15) is 38.8 Å². The Kier molecular flexibility index (Phi) is 7.10. The lowest BCUT2D eigenvalue weighted by molar-refractivity contribution is -0.118. The van der Waals surface area contributed by atoms with Crippen molar-refractivity contribution in [1.29, 1.82) is 0 Å². The Hall–Kier alpha value is -2.95. The lowest BCUT2D eigenvalue weighted by Crippen LogP contribution is -2.21. The van der Waals surface area contributed by atoms with Crippen molar-refractivity contribution < 1.29 is 19.0 Å². The summed E-state index contributed by atoms with van der Waals surface area (Å²) in [5.41, 5.74) is 2.69. The number of amides is 1. The van der Waals surface area contributed by atoms with Crippen LogP contribution in [0.3, 0.4) is 0 Å². The molecule has 5 nitrogen and oxygen atoms in total. The summed E-state index contributed by atoms with van der Waals surface area (Å²) in [4.78, 5) is 12.4. The first-order chi connectivity index (χ1) is 13.3. The van der Waals surface area contributed by atoms with Crippen LogP contribution < -0.4 is 19.5 Å². The summed E-state index contributed by atoms with van der Waals surface area (Å²) < 4.78 is 16.4. The smallest absolute Gasteiger partial charge is 0.262 e. The minimum absolute atomic E-state index is 0.0374. The number of methoxy groups -OCH3 is 2. The monoisotopic (exact) mass is 383 g/mol. The third-order valence-electron chi connectivity index (χ3n) is 4.25. The molecule has 0 atom stereocenters. The second kappa shape index (κ2) is 9.31. The van der Waals surface area contributed by atoms with Crippen molar-refractivity contribution in [2.24, 2.45) is 0 Å². The molecule has 28 heavy (non-hydrogen) atoms. The summed E-state index contributed by atoms with van der Waals surface area (Å²) in [6, 6.07) is 11.4. The number of hydrogen-bond donors (Lipinski definition) is 1. The SMILES string of the molecule is CC=Cc1ccc(OCC(=O)Nc2cc(C(C)(C)C)ccc2OC)c(OC)c1. The molecular weight excluding hydrogens is 354 g/mol. The molecule has 0 bridgehead atoms. The highest BCUT2D eigenvalue weighted by molar-refractivity contribution is 5.93. The maximum absolute atomic E-state index is 12.4. The highest BCUT2D eigenvalue weighted by Gasteiger charge is 2.17. The first-order valence-electron chi connectivity index (χ1n) is 9.20. The molecule has 2 aromatic rings. The number of anilines is 1. The molecule has 2 rings (SSSR count). The molecule has 0 saturated carbocycles. The molecule has 150 valence electrons.